The Labute approximate surface area is 258 Å². The molecule has 1 amide bonds. The smallest absolute Gasteiger partial charge is 0.316 e. The van der Waals surface area contributed by atoms with E-state index < -0.39 is 17.4 Å². The zero-order valence-electron chi connectivity index (χ0n) is 25.1. The molecule has 9 heteroatoms. The number of rotatable bonds is 7. The van der Waals surface area contributed by atoms with Crippen molar-refractivity contribution >= 4 is 79.0 Å². The Balaban J connectivity index is 1.60. The number of carbonyl (C=O) groups excluding carboxylic acids is 2. The number of thioether (sulfide) groups is 2. The van der Waals surface area contributed by atoms with E-state index in [1.165, 1.54) is 18.2 Å². The molecule has 0 saturated carbocycles. The van der Waals surface area contributed by atoms with Crippen LogP contribution in [0.2, 0.25) is 0 Å². The number of aromatic nitrogens is 2. The fourth-order valence-electron chi connectivity index (χ4n) is 7.95. The summed E-state index contributed by atoms with van der Waals surface area (Å²) in [6.45, 7) is 8.85. The van der Waals surface area contributed by atoms with Crippen molar-refractivity contribution in [3.05, 3.63) is 58.7 Å². The molecule has 5 heterocycles. The van der Waals surface area contributed by atoms with E-state index >= 15 is 0 Å². The Morgan fingerprint density at radius 3 is 2.30 bits per heavy atom. The third kappa shape index (κ3) is 3.39. The number of nitrogens with zero attached hydrogens (tertiary/aromatic N) is 2. The number of nitrogens with one attached hydrogen (secondary N) is 1. The third-order valence-electron chi connectivity index (χ3n) is 10.1. The van der Waals surface area contributed by atoms with Gasteiger partial charge in [0, 0.05) is 46.0 Å². The summed E-state index contributed by atoms with van der Waals surface area (Å²) < 4.78 is 17.1. The van der Waals surface area contributed by atoms with E-state index in [-0.39, 0.29) is 11.9 Å². The normalized spacial score (nSPS) is 24.0. The Bertz CT molecular complexity index is 2040. The summed E-state index contributed by atoms with van der Waals surface area (Å²) in [5.41, 5.74) is 6.38. The van der Waals surface area contributed by atoms with Gasteiger partial charge < -0.3 is 23.9 Å². The number of amides is 1. The van der Waals surface area contributed by atoms with Crippen LogP contribution in [0.4, 0.5) is 0 Å². The van der Waals surface area contributed by atoms with Crippen LogP contribution in [0.3, 0.4) is 0 Å². The van der Waals surface area contributed by atoms with Gasteiger partial charge in [-0.25, -0.2) is 0 Å². The Morgan fingerprint density at radius 2 is 1.65 bits per heavy atom. The second-order valence-electron chi connectivity index (χ2n) is 12.2. The van der Waals surface area contributed by atoms with E-state index in [2.05, 4.69) is 64.7 Å². The van der Waals surface area contributed by atoms with Gasteiger partial charge in [-0.1, -0.05) is 26.0 Å². The molecule has 3 aliphatic heterocycles. The van der Waals surface area contributed by atoms with Crippen molar-refractivity contribution < 1.29 is 19.1 Å². The van der Waals surface area contributed by atoms with Crippen LogP contribution >= 0.6 is 23.5 Å². The van der Waals surface area contributed by atoms with Crippen LogP contribution in [0.25, 0.3) is 43.6 Å². The van der Waals surface area contributed by atoms with Crippen molar-refractivity contribution in [1.29, 1.82) is 0 Å². The summed E-state index contributed by atoms with van der Waals surface area (Å²) >= 11 is 3.78. The number of hydrogen-bond acceptors (Lipinski definition) is 6. The van der Waals surface area contributed by atoms with E-state index in [0.29, 0.717) is 13.0 Å². The van der Waals surface area contributed by atoms with Gasteiger partial charge in [0.05, 0.1) is 34.7 Å². The number of benzene rings is 3. The summed E-state index contributed by atoms with van der Waals surface area (Å²) in [7, 11) is 1.46. The number of fused-ring (bicyclic) bond motifs is 13. The predicted molar refractivity (Wildman–Crippen MR) is 176 cm³/mol. The van der Waals surface area contributed by atoms with E-state index in [0.717, 1.165) is 77.8 Å². The molecule has 1 N–H and O–H groups in total. The summed E-state index contributed by atoms with van der Waals surface area (Å²) in [4.78, 5) is 27.4. The van der Waals surface area contributed by atoms with Gasteiger partial charge in [0.2, 0.25) is 0 Å². The molecular weight excluding hydrogens is 579 g/mol. The van der Waals surface area contributed by atoms with Gasteiger partial charge in [0.25, 0.3) is 5.91 Å². The largest absolute Gasteiger partial charge is 0.468 e. The number of hydrogen-bond donors (Lipinski definition) is 1. The maximum absolute atomic E-state index is 13.7. The van der Waals surface area contributed by atoms with Crippen LogP contribution in [0.15, 0.2) is 36.4 Å². The lowest BCUT2D eigenvalue weighted by Crippen LogP contribution is -2.48. The van der Waals surface area contributed by atoms with Crippen LogP contribution < -0.4 is 5.32 Å². The topological polar surface area (TPSA) is 74.5 Å². The molecule has 5 aromatic rings. The minimum Gasteiger partial charge on any atom is -0.468 e. The highest BCUT2D eigenvalue weighted by molar-refractivity contribution is 7.98. The molecule has 0 radical (unpaired) electrons. The van der Waals surface area contributed by atoms with Gasteiger partial charge in [-0.2, -0.15) is 23.5 Å². The zero-order chi connectivity index (χ0) is 29.8. The SMILES string of the molecule is CCSCc1ccc2c(c1)c1c3c(c4c5cc(CSCC)ccc5n5c4c1n2C1CC(C)(C(=O)OC)C5(C)O1)CNC3=O. The van der Waals surface area contributed by atoms with Crippen LogP contribution in [-0.2, 0) is 38.0 Å². The minimum absolute atomic E-state index is 0.0242. The van der Waals surface area contributed by atoms with Crippen molar-refractivity contribution in [2.24, 2.45) is 5.41 Å². The standard InChI is InChI=1S/C34H35N3O4S2/c1-6-42-16-18-8-10-23-20(12-18)27-28-22(15-35-31(28)38)26-21-13-19(17-43-7-2)9-11-24(21)37-30(26)29(27)36(23)25-14-33(3,32(39)40-5)34(37,4)41-25/h8-13,25H,6-7,14-17H2,1-5H3,(H,35,38). The predicted octanol–water partition coefficient (Wildman–Crippen LogP) is 7.44. The van der Waals surface area contributed by atoms with Gasteiger partial charge in [-0.05, 0) is 66.3 Å². The molecule has 7 nitrogen and oxygen atoms in total. The van der Waals surface area contributed by atoms with Gasteiger partial charge in [-0.3, -0.25) is 9.59 Å². The van der Waals surface area contributed by atoms with E-state index in [4.69, 9.17) is 9.47 Å². The summed E-state index contributed by atoms with van der Waals surface area (Å²) in [6.07, 6.45) is 0.0447. The molecule has 222 valence electrons. The number of methoxy groups -OCH3 is 1. The maximum atomic E-state index is 13.7. The summed E-state index contributed by atoms with van der Waals surface area (Å²) in [5, 5.41) is 7.40. The van der Waals surface area contributed by atoms with Crippen molar-refractivity contribution in [2.75, 3.05) is 18.6 Å². The van der Waals surface area contributed by atoms with Crippen LogP contribution in [0.1, 0.15) is 67.4 Å². The van der Waals surface area contributed by atoms with Crippen molar-refractivity contribution in [3.63, 3.8) is 0 Å². The molecular formula is C34H35N3O4S2. The summed E-state index contributed by atoms with van der Waals surface area (Å²) in [6, 6.07) is 13.3. The van der Waals surface area contributed by atoms with Crippen molar-refractivity contribution in [3.8, 4) is 0 Å². The first-order chi connectivity index (χ1) is 20.8. The van der Waals surface area contributed by atoms with Crippen molar-refractivity contribution in [1.82, 2.24) is 14.5 Å². The maximum Gasteiger partial charge on any atom is 0.316 e. The van der Waals surface area contributed by atoms with E-state index in [1.807, 2.05) is 37.4 Å². The number of ether oxygens (including phenoxy) is 2. The molecule has 3 unspecified atom stereocenters. The number of carbonyl (C=O) groups is 2. The lowest BCUT2D eigenvalue weighted by atomic mass is 9.78. The second kappa shape index (κ2) is 9.43. The van der Waals surface area contributed by atoms with Gasteiger partial charge >= 0.3 is 5.97 Å². The molecule has 2 bridgehead atoms. The average molecular weight is 614 g/mol. The molecule has 3 atom stereocenters. The molecule has 3 aromatic carbocycles. The quantitative estimate of drug-likeness (QED) is 0.192. The lowest BCUT2D eigenvalue weighted by Gasteiger charge is -2.39. The second-order valence-corrected chi connectivity index (χ2v) is 14.8. The highest BCUT2D eigenvalue weighted by Gasteiger charge is 2.63. The first-order valence-corrected chi connectivity index (χ1v) is 17.4. The molecule has 2 aromatic heterocycles. The number of esters is 1. The Hall–Kier alpha value is -3.14. The van der Waals surface area contributed by atoms with E-state index in [1.54, 1.807) is 0 Å². The Kier molecular flexibility index (Phi) is 6.01. The fourth-order valence-corrected chi connectivity index (χ4v) is 9.19. The highest BCUT2D eigenvalue weighted by Crippen LogP contribution is 2.61. The van der Waals surface area contributed by atoms with Crippen LogP contribution in [0, 0.1) is 5.41 Å². The molecule has 8 rings (SSSR count). The molecule has 0 spiro atoms. The Morgan fingerprint density at radius 1 is 1.00 bits per heavy atom. The fraction of sp³-hybridized carbons (Fsp3) is 0.412. The van der Waals surface area contributed by atoms with Crippen LogP contribution in [0.5, 0.6) is 0 Å². The monoisotopic (exact) mass is 613 g/mol. The highest BCUT2D eigenvalue weighted by atomic mass is 32.2. The summed E-state index contributed by atoms with van der Waals surface area (Å²) in [5.74, 6) is 3.60. The zero-order valence-corrected chi connectivity index (χ0v) is 26.8. The average Bonchev–Trinajstić information content (AvgIpc) is 3.70. The van der Waals surface area contributed by atoms with Gasteiger partial charge in [0.1, 0.15) is 11.6 Å². The first-order valence-electron chi connectivity index (χ1n) is 15.1. The molecule has 1 fully saturated rings. The molecule has 43 heavy (non-hydrogen) atoms. The third-order valence-corrected chi connectivity index (χ3v) is 12.0. The van der Waals surface area contributed by atoms with E-state index in [9.17, 15) is 9.59 Å². The molecule has 0 aliphatic carbocycles. The lowest BCUT2D eigenvalue weighted by molar-refractivity contribution is -0.178. The molecule has 3 aliphatic rings. The minimum atomic E-state index is -1.02. The van der Waals surface area contributed by atoms with Crippen molar-refractivity contribution in [2.45, 2.75) is 64.1 Å². The van der Waals surface area contributed by atoms with Gasteiger partial charge in [0.15, 0.2) is 5.72 Å². The van der Waals surface area contributed by atoms with Gasteiger partial charge in [-0.15, -0.1) is 0 Å². The first kappa shape index (κ1) is 27.4. The van der Waals surface area contributed by atoms with Crippen LogP contribution in [-0.4, -0.2) is 39.6 Å². The molecule has 1 saturated heterocycles.